The third-order valence-corrected chi connectivity index (χ3v) is 9.98. The highest BCUT2D eigenvalue weighted by Crippen LogP contribution is 2.35. The monoisotopic (exact) mass is 545 g/mol. The average Bonchev–Trinajstić information content (AvgIpc) is 3.42. The molecular formula is C25H21Cl2N3O3S2. The second-order valence-electron chi connectivity index (χ2n) is 8.26. The van der Waals surface area contributed by atoms with Crippen molar-refractivity contribution < 1.29 is 13.2 Å². The van der Waals surface area contributed by atoms with Gasteiger partial charge in [0, 0.05) is 11.9 Å². The molecule has 5 rings (SSSR count). The number of thiophene rings is 1. The summed E-state index contributed by atoms with van der Waals surface area (Å²) >= 11 is 12.6. The zero-order chi connectivity index (χ0) is 24.6. The van der Waals surface area contributed by atoms with Crippen LogP contribution in [-0.2, 0) is 21.1 Å². The SMILES string of the molecule is O=C(CS(=O)(=O)c1cc(Cl)c(Cl)s1)NC/C=C1\CCCc2cnn(-c3cccc4ccccc34)c21. The van der Waals surface area contributed by atoms with Crippen molar-refractivity contribution >= 4 is 66.6 Å². The molecule has 4 aromatic rings. The Morgan fingerprint density at radius 2 is 1.94 bits per heavy atom. The van der Waals surface area contributed by atoms with E-state index in [9.17, 15) is 13.2 Å². The summed E-state index contributed by atoms with van der Waals surface area (Å²) in [6.07, 6.45) is 6.64. The molecule has 6 nitrogen and oxygen atoms in total. The lowest BCUT2D eigenvalue weighted by Gasteiger charge is -2.19. The van der Waals surface area contributed by atoms with Crippen LogP contribution in [0.5, 0.6) is 0 Å². The molecule has 1 amide bonds. The standard InChI is InChI=1S/C25H21Cl2N3O3S2/c26-20-13-23(34-25(20)27)35(32,33)15-22(31)28-12-11-17-7-3-8-18-14-29-30(24(17)18)21-10-4-6-16-5-1-2-9-19(16)21/h1-2,4-6,9-11,13-14H,3,7-8,12,15H2,(H,28,31)/b17-11+. The summed E-state index contributed by atoms with van der Waals surface area (Å²) in [6, 6.07) is 15.6. The minimum absolute atomic E-state index is 0.0167. The summed E-state index contributed by atoms with van der Waals surface area (Å²) in [5.41, 5.74) is 4.28. The van der Waals surface area contributed by atoms with Gasteiger partial charge in [-0.05, 0) is 47.9 Å². The highest BCUT2D eigenvalue weighted by Gasteiger charge is 2.24. The molecule has 0 aliphatic heterocycles. The van der Waals surface area contributed by atoms with E-state index in [0.29, 0.717) is 0 Å². The number of carbonyl (C=O) groups is 1. The molecule has 35 heavy (non-hydrogen) atoms. The van der Waals surface area contributed by atoms with Gasteiger partial charge in [-0.25, -0.2) is 13.1 Å². The molecule has 2 heterocycles. The molecule has 2 aromatic carbocycles. The highest BCUT2D eigenvalue weighted by molar-refractivity contribution is 7.94. The number of hydrogen-bond donors (Lipinski definition) is 1. The van der Waals surface area contributed by atoms with Gasteiger partial charge in [-0.15, -0.1) is 11.3 Å². The minimum Gasteiger partial charge on any atom is -0.352 e. The van der Waals surface area contributed by atoms with Gasteiger partial charge >= 0.3 is 0 Å². The Morgan fingerprint density at radius 1 is 1.14 bits per heavy atom. The maximum atomic E-state index is 12.5. The second-order valence-corrected chi connectivity index (χ2v) is 12.5. The van der Waals surface area contributed by atoms with Crippen molar-refractivity contribution in [2.75, 3.05) is 12.3 Å². The lowest BCUT2D eigenvalue weighted by atomic mass is 9.92. The smallest absolute Gasteiger partial charge is 0.235 e. The number of rotatable bonds is 6. The first-order chi connectivity index (χ1) is 16.8. The fraction of sp³-hybridized carbons (Fsp3) is 0.200. The number of allylic oxidation sites excluding steroid dienone is 1. The first kappa shape index (κ1) is 24.1. The molecule has 180 valence electrons. The van der Waals surface area contributed by atoms with Crippen molar-refractivity contribution in [3.05, 3.63) is 81.4 Å². The third-order valence-electron chi connectivity index (χ3n) is 5.93. The van der Waals surface area contributed by atoms with Crippen LogP contribution in [0.2, 0.25) is 9.36 Å². The van der Waals surface area contributed by atoms with Crippen LogP contribution in [0, 0.1) is 0 Å². The summed E-state index contributed by atoms with van der Waals surface area (Å²) in [5, 5.41) is 9.80. The Labute approximate surface area is 217 Å². The number of nitrogens with one attached hydrogen (secondary N) is 1. The van der Waals surface area contributed by atoms with E-state index >= 15 is 0 Å². The van der Waals surface area contributed by atoms with Gasteiger partial charge in [0.15, 0.2) is 9.84 Å². The van der Waals surface area contributed by atoms with E-state index in [-0.39, 0.29) is 20.1 Å². The molecule has 2 aromatic heterocycles. The first-order valence-electron chi connectivity index (χ1n) is 11.0. The maximum absolute atomic E-state index is 12.5. The maximum Gasteiger partial charge on any atom is 0.235 e. The lowest BCUT2D eigenvalue weighted by molar-refractivity contribution is -0.118. The number of hydrogen-bond acceptors (Lipinski definition) is 5. The van der Waals surface area contributed by atoms with E-state index < -0.39 is 21.5 Å². The minimum atomic E-state index is -3.82. The van der Waals surface area contributed by atoms with Crippen LogP contribution in [0.4, 0.5) is 0 Å². The number of amides is 1. The van der Waals surface area contributed by atoms with Crippen molar-refractivity contribution in [1.82, 2.24) is 15.1 Å². The van der Waals surface area contributed by atoms with Crippen molar-refractivity contribution in [1.29, 1.82) is 0 Å². The van der Waals surface area contributed by atoms with Crippen LogP contribution in [0.25, 0.3) is 22.0 Å². The summed E-state index contributed by atoms with van der Waals surface area (Å²) < 4.78 is 27.2. The Morgan fingerprint density at radius 3 is 2.74 bits per heavy atom. The van der Waals surface area contributed by atoms with Crippen molar-refractivity contribution in [2.45, 2.75) is 23.5 Å². The molecule has 1 N–H and O–H groups in total. The number of nitrogens with zero attached hydrogens (tertiary/aromatic N) is 2. The number of fused-ring (bicyclic) bond motifs is 2. The van der Waals surface area contributed by atoms with E-state index in [1.165, 1.54) is 6.07 Å². The van der Waals surface area contributed by atoms with Gasteiger partial charge in [0.1, 0.15) is 14.3 Å². The number of aryl methyl sites for hydroxylation is 1. The van der Waals surface area contributed by atoms with E-state index in [2.05, 4.69) is 29.6 Å². The molecule has 10 heteroatoms. The Balaban J connectivity index is 1.35. The molecule has 1 aliphatic carbocycles. The van der Waals surface area contributed by atoms with Gasteiger partial charge < -0.3 is 5.32 Å². The van der Waals surface area contributed by atoms with Crippen LogP contribution < -0.4 is 5.32 Å². The molecule has 0 atom stereocenters. The van der Waals surface area contributed by atoms with Gasteiger partial charge in [-0.3, -0.25) is 4.79 Å². The molecule has 0 fully saturated rings. The molecule has 0 saturated carbocycles. The van der Waals surface area contributed by atoms with Gasteiger partial charge in [0.2, 0.25) is 5.91 Å². The summed E-state index contributed by atoms with van der Waals surface area (Å²) in [6.45, 7) is 0.218. The van der Waals surface area contributed by atoms with Gasteiger partial charge in [0.25, 0.3) is 0 Å². The summed E-state index contributed by atoms with van der Waals surface area (Å²) in [4.78, 5) is 12.4. The van der Waals surface area contributed by atoms with Crippen LogP contribution in [-0.4, -0.2) is 36.4 Å². The second kappa shape index (κ2) is 9.78. The topological polar surface area (TPSA) is 81.1 Å². The summed E-state index contributed by atoms with van der Waals surface area (Å²) in [5.74, 6) is -1.25. The molecule has 0 unspecified atom stereocenters. The van der Waals surface area contributed by atoms with E-state index in [4.69, 9.17) is 28.3 Å². The average molecular weight is 547 g/mol. The van der Waals surface area contributed by atoms with Crippen molar-refractivity contribution in [2.24, 2.45) is 0 Å². The fourth-order valence-electron chi connectivity index (χ4n) is 4.33. The zero-order valence-electron chi connectivity index (χ0n) is 18.5. The number of carbonyl (C=O) groups excluding carboxylic acids is 1. The van der Waals surface area contributed by atoms with Gasteiger partial charge in [0.05, 0.1) is 22.6 Å². The number of sulfone groups is 1. The van der Waals surface area contributed by atoms with Crippen LogP contribution in [0.3, 0.4) is 0 Å². The largest absolute Gasteiger partial charge is 0.352 e. The molecule has 0 saturated heterocycles. The Kier molecular flexibility index (Phi) is 6.72. The fourth-order valence-corrected chi connectivity index (χ4v) is 7.46. The van der Waals surface area contributed by atoms with Crippen LogP contribution in [0.15, 0.2) is 65.0 Å². The number of benzene rings is 2. The molecule has 1 aliphatic rings. The lowest BCUT2D eigenvalue weighted by Crippen LogP contribution is -2.30. The van der Waals surface area contributed by atoms with E-state index in [1.54, 1.807) is 0 Å². The Hall–Kier alpha value is -2.65. The third kappa shape index (κ3) is 4.89. The van der Waals surface area contributed by atoms with Crippen LogP contribution >= 0.6 is 34.5 Å². The zero-order valence-corrected chi connectivity index (χ0v) is 21.6. The van der Waals surface area contributed by atoms with E-state index in [1.807, 2.05) is 35.2 Å². The predicted molar refractivity (Wildman–Crippen MR) is 141 cm³/mol. The Bertz CT molecular complexity index is 1550. The molecule has 0 bridgehead atoms. The molecular weight excluding hydrogens is 525 g/mol. The normalized spacial score (nSPS) is 14.9. The van der Waals surface area contributed by atoms with Gasteiger partial charge in [-0.2, -0.15) is 5.10 Å². The van der Waals surface area contributed by atoms with Gasteiger partial charge in [-0.1, -0.05) is 65.7 Å². The predicted octanol–water partition coefficient (Wildman–Crippen LogP) is 5.70. The first-order valence-corrected chi connectivity index (χ1v) is 14.2. The molecule has 0 spiro atoms. The van der Waals surface area contributed by atoms with E-state index in [0.717, 1.165) is 63.9 Å². The van der Waals surface area contributed by atoms with Crippen molar-refractivity contribution in [3.8, 4) is 5.69 Å². The van der Waals surface area contributed by atoms with Crippen LogP contribution in [0.1, 0.15) is 24.1 Å². The highest BCUT2D eigenvalue weighted by atomic mass is 35.5. The number of aromatic nitrogens is 2. The summed E-state index contributed by atoms with van der Waals surface area (Å²) in [7, 11) is -3.82. The quantitative estimate of drug-likeness (QED) is 0.336. The number of halogens is 2. The molecule has 0 radical (unpaired) electrons. The van der Waals surface area contributed by atoms with Crippen molar-refractivity contribution in [3.63, 3.8) is 0 Å².